The minimum atomic E-state index is -0.950. The predicted molar refractivity (Wildman–Crippen MR) is 89.0 cm³/mol. The summed E-state index contributed by atoms with van der Waals surface area (Å²) in [4.78, 5) is 17.9. The molecule has 25 heavy (non-hydrogen) atoms. The van der Waals surface area contributed by atoms with Gasteiger partial charge in [-0.3, -0.25) is 4.79 Å². The molecule has 0 spiro atoms. The minimum absolute atomic E-state index is 0.175. The summed E-state index contributed by atoms with van der Waals surface area (Å²) in [6, 6.07) is 10.3. The summed E-state index contributed by atoms with van der Waals surface area (Å²) in [7, 11) is 0. The molecule has 1 aromatic carbocycles. The van der Waals surface area contributed by atoms with Crippen LogP contribution in [0, 0.1) is 17.6 Å². The highest BCUT2D eigenvalue weighted by Crippen LogP contribution is 2.29. The van der Waals surface area contributed by atoms with Crippen LogP contribution >= 0.6 is 0 Å². The number of morpholine rings is 1. The van der Waals surface area contributed by atoms with Gasteiger partial charge in [-0.2, -0.15) is 0 Å². The first-order valence-electron chi connectivity index (χ1n) is 8.26. The molecular formula is C19H20F2N2O2. The molecule has 0 aliphatic carbocycles. The van der Waals surface area contributed by atoms with E-state index in [9.17, 15) is 13.6 Å². The van der Waals surface area contributed by atoms with Crippen molar-refractivity contribution in [3.8, 4) is 0 Å². The Hall–Kier alpha value is -2.34. The molecule has 1 amide bonds. The van der Waals surface area contributed by atoms with Crippen LogP contribution in [-0.4, -0.2) is 35.0 Å². The van der Waals surface area contributed by atoms with Crippen molar-refractivity contribution in [2.75, 3.05) is 13.1 Å². The fourth-order valence-corrected chi connectivity index (χ4v) is 2.90. The van der Waals surface area contributed by atoms with Gasteiger partial charge in [0.05, 0.1) is 18.8 Å². The monoisotopic (exact) mass is 346 g/mol. The fraction of sp³-hybridized carbons (Fsp3) is 0.368. The third-order valence-electron chi connectivity index (χ3n) is 4.34. The zero-order chi connectivity index (χ0) is 18.0. The van der Waals surface area contributed by atoms with Crippen LogP contribution in [0.15, 0.2) is 42.6 Å². The van der Waals surface area contributed by atoms with E-state index in [0.29, 0.717) is 19.2 Å². The Morgan fingerprint density at radius 3 is 2.60 bits per heavy atom. The Labute approximate surface area is 145 Å². The second-order valence-corrected chi connectivity index (χ2v) is 6.51. The molecule has 0 radical (unpaired) electrons. The Balaban J connectivity index is 1.87. The Kier molecular flexibility index (Phi) is 5.08. The van der Waals surface area contributed by atoms with Crippen LogP contribution in [0.25, 0.3) is 0 Å². The van der Waals surface area contributed by atoms with Crippen LogP contribution in [0.3, 0.4) is 0 Å². The van der Waals surface area contributed by atoms with Crippen LogP contribution in [0.2, 0.25) is 0 Å². The van der Waals surface area contributed by atoms with Gasteiger partial charge < -0.3 is 9.64 Å². The molecule has 1 aromatic heterocycles. The van der Waals surface area contributed by atoms with E-state index in [1.165, 1.54) is 4.90 Å². The van der Waals surface area contributed by atoms with Crippen molar-refractivity contribution in [2.45, 2.75) is 26.1 Å². The van der Waals surface area contributed by atoms with Crippen molar-refractivity contribution in [2.24, 2.45) is 5.92 Å². The van der Waals surface area contributed by atoms with Crippen molar-refractivity contribution >= 4 is 5.91 Å². The number of pyridine rings is 1. The number of carbonyl (C=O) groups excluding carboxylic acids is 1. The molecule has 1 aliphatic rings. The van der Waals surface area contributed by atoms with Gasteiger partial charge in [-0.1, -0.05) is 44.2 Å². The summed E-state index contributed by atoms with van der Waals surface area (Å²) in [5.41, 5.74) is 0.593. The van der Waals surface area contributed by atoms with Crippen molar-refractivity contribution in [3.63, 3.8) is 0 Å². The molecule has 2 atom stereocenters. The molecular weight excluding hydrogens is 326 g/mol. The fourth-order valence-electron chi connectivity index (χ4n) is 2.90. The summed E-state index contributed by atoms with van der Waals surface area (Å²) in [5.74, 6) is -2.12. The quantitative estimate of drug-likeness (QED) is 0.853. The van der Waals surface area contributed by atoms with Crippen molar-refractivity contribution in [1.29, 1.82) is 0 Å². The number of carbonyl (C=O) groups is 1. The molecule has 0 bridgehead atoms. The number of halogens is 2. The molecule has 0 saturated carbocycles. The maximum absolute atomic E-state index is 14.0. The van der Waals surface area contributed by atoms with Crippen molar-refractivity contribution in [1.82, 2.24) is 9.88 Å². The number of rotatable bonds is 3. The first kappa shape index (κ1) is 17.5. The lowest BCUT2D eigenvalue weighted by atomic mass is 10.0. The van der Waals surface area contributed by atoms with E-state index in [-0.39, 0.29) is 23.8 Å². The van der Waals surface area contributed by atoms with Gasteiger partial charge in [-0.15, -0.1) is 0 Å². The molecule has 4 nitrogen and oxygen atoms in total. The van der Waals surface area contributed by atoms with E-state index in [0.717, 1.165) is 11.8 Å². The van der Waals surface area contributed by atoms with E-state index >= 15 is 0 Å². The number of amides is 1. The van der Waals surface area contributed by atoms with Crippen molar-refractivity contribution in [3.05, 3.63) is 65.5 Å². The topological polar surface area (TPSA) is 42.4 Å². The Bertz CT molecular complexity index is 752. The van der Waals surface area contributed by atoms with Gasteiger partial charge in [0.25, 0.3) is 5.91 Å². The maximum atomic E-state index is 14.0. The summed E-state index contributed by atoms with van der Waals surface area (Å²) in [6.45, 7) is 4.66. The van der Waals surface area contributed by atoms with Gasteiger partial charge in [0.15, 0.2) is 11.5 Å². The summed E-state index contributed by atoms with van der Waals surface area (Å²) < 4.78 is 33.1. The van der Waals surface area contributed by atoms with Crippen LogP contribution in [0.5, 0.6) is 0 Å². The number of hydrogen-bond acceptors (Lipinski definition) is 3. The SMILES string of the molecule is CC(C)[C@H]1CN(C(=O)c2ncc(F)cc2F)C[C@@H](c2ccccc2)O1. The third-order valence-corrected chi connectivity index (χ3v) is 4.34. The van der Waals surface area contributed by atoms with E-state index < -0.39 is 17.5 Å². The predicted octanol–water partition coefficient (Wildman–Crippen LogP) is 3.60. The van der Waals surface area contributed by atoms with Crippen LogP contribution < -0.4 is 0 Å². The van der Waals surface area contributed by atoms with Gasteiger partial charge >= 0.3 is 0 Å². The van der Waals surface area contributed by atoms with Crippen LogP contribution in [-0.2, 0) is 4.74 Å². The van der Waals surface area contributed by atoms with Crippen molar-refractivity contribution < 1.29 is 18.3 Å². The smallest absolute Gasteiger partial charge is 0.275 e. The second-order valence-electron chi connectivity index (χ2n) is 6.51. The lowest BCUT2D eigenvalue weighted by Gasteiger charge is -2.39. The zero-order valence-electron chi connectivity index (χ0n) is 14.2. The third kappa shape index (κ3) is 3.85. The highest BCUT2D eigenvalue weighted by atomic mass is 19.1. The van der Waals surface area contributed by atoms with Gasteiger partial charge in [-0.05, 0) is 11.5 Å². The summed E-state index contributed by atoms with van der Waals surface area (Å²) >= 11 is 0. The largest absolute Gasteiger partial charge is 0.366 e. The van der Waals surface area contributed by atoms with Crippen LogP contribution in [0.1, 0.15) is 36.0 Å². The van der Waals surface area contributed by atoms with E-state index in [4.69, 9.17) is 4.74 Å². The Morgan fingerprint density at radius 2 is 1.96 bits per heavy atom. The summed E-state index contributed by atoms with van der Waals surface area (Å²) in [6.07, 6.45) is 0.381. The molecule has 6 heteroatoms. The molecule has 2 aromatic rings. The lowest BCUT2D eigenvalue weighted by Crippen LogP contribution is -2.49. The normalized spacial score (nSPS) is 20.8. The molecule has 0 N–H and O–H groups in total. The van der Waals surface area contributed by atoms with E-state index in [1.54, 1.807) is 0 Å². The molecule has 0 unspecified atom stereocenters. The second kappa shape index (κ2) is 7.27. The first-order valence-corrected chi connectivity index (χ1v) is 8.26. The number of nitrogens with zero attached hydrogens (tertiary/aromatic N) is 2. The number of aromatic nitrogens is 1. The standard InChI is InChI=1S/C19H20F2N2O2/c1-12(2)16-10-23(11-17(25-16)13-6-4-3-5-7-13)19(24)18-15(21)8-14(20)9-22-18/h3-9,12,16-17H,10-11H2,1-2H3/t16-,17+/m1/s1. The van der Waals surface area contributed by atoms with Gasteiger partial charge in [0, 0.05) is 12.6 Å². The molecule has 1 fully saturated rings. The first-order chi connectivity index (χ1) is 12.0. The summed E-state index contributed by atoms with van der Waals surface area (Å²) in [5, 5.41) is 0. The molecule has 132 valence electrons. The number of ether oxygens (including phenoxy) is 1. The number of benzene rings is 1. The lowest BCUT2D eigenvalue weighted by molar-refractivity contribution is -0.0956. The van der Waals surface area contributed by atoms with Crippen LogP contribution in [0.4, 0.5) is 8.78 Å². The Morgan fingerprint density at radius 1 is 1.24 bits per heavy atom. The average Bonchev–Trinajstić information content (AvgIpc) is 2.61. The van der Waals surface area contributed by atoms with Gasteiger partial charge in [0.1, 0.15) is 11.9 Å². The zero-order valence-corrected chi connectivity index (χ0v) is 14.2. The van der Waals surface area contributed by atoms with Gasteiger partial charge in [-0.25, -0.2) is 13.8 Å². The highest BCUT2D eigenvalue weighted by Gasteiger charge is 2.34. The average molecular weight is 346 g/mol. The molecule has 3 rings (SSSR count). The maximum Gasteiger partial charge on any atom is 0.275 e. The minimum Gasteiger partial charge on any atom is -0.366 e. The number of hydrogen-bond donors (Lipinski definition) is 0. The van der Waals surface area contributed by atoms with Gasteiger partial charge in [0.2, 0.25) is 0 Å². The molecule has 2 heterocycles. The molecule has 1 aliphatic heterocycles. The van der Waals surface area contributed by atoms with E-state index in [2.05, 4.69) is 4.98 Å². The highest BCUT2D eigenvalue weighted by molar-refractivity contribution is 5.92. The van der Waals surface area contributed by atoms with E-state index in [1.807, 2.05) is 44.2 Å². The molecule has 1 saturated heterocycles.